The molecule has 1 N–H and O–H groups in total. The molecule has 4 rings (SSSR count). The Hall–Kier alpha value is -3.09. The average Bonchev–Trinajstić information content (AvgIpc) is 3.42. The van der Waals surface area contributed by atoms with Crippen LogP contribution >= 0.6 is 23.1 Å². The Morgan fingerprint density at radius 1 is 1.38 bits per heavy atom. The number of nitriles is 1. The Kier molecular flexibility index (Phi) is 8.40. The highest BCUT2D eigenvalue weighted by Gasteiger charge is 2.32. The van der Waals surface area contributed by atoms with Crippen LogP contribution in [0.4, 0.5) is 5.00 Å². The number of benzene rings is 1. The molecule has 3 aromatic rings. The van der Waals surface area contributed by atoms with Crippen molar-refractivity contribution in [3.8, 4) is 23.2 Å². The van der Waals surface area contributed by atoms with E-state index < -0.39 is 0 Å². The van der Waals surface area contributed by atoms with Gasteiger partial charge in [-0.3, -0.25) is 9.36 Å². The van der Waals surface area contributed by atoms with Gasteiger partial charge in [0.05, 0.1) is 23.5 Å². The number of carbonyl (C=O) groups excluding carboxylic acids is 1. The van der Waals surface area contributed by atoms with Gasteiger partial charge in [0.15, 0.2) is 11.0 Å². The van der Waals surface area contributed by atoms with Gasteiger partial charge in [0.2, 0.25) is 5.91 Å². The van der Waals surface area contributed by atoms with Crippen LogP contribution in [0.15, 0.2) is 42.1 Å². The van der Waals surface area contributed by atoms with Crippen LogP contribution in [-0.2, 0) is 24.2 Å². The van der Waals surface area contributed by atoms with E-state index in [0.29, 0.717) is 40.6 Å². The van der Waals surface area contributed by atoms with Gasteiger partial charge in [0.1, 0.15) is 16.8 Å². The van der Waals surface area contributed by atoms with E-state index in [2.05, 4.69) is 48.9 Å². The Morgan fingerprint density at radius 3 is 2.86 bits per heavy atom. The summed E-state index contributed by atoms with van der Waals surface area (Å²) < 4.78 is 7.71. The summed E-state index contributed by atoms with van der Waals surface area (Å²) in [6.07, 6.45) is 4.69. The second-order valence-electron chi connectivity index (χ2n) is 10.1. The van der Waals surface area contributed by atoms with Crippen molar-refractivity contribution in [2.24, 2.45) is 11.3 Å². The molecular formula is C28H33N5O2S2. The van der Waals surface area contributed by atoms with Crippen molar-refractivity contribution >= 4 is 34.0 Å². The van der Waals surface area contributed by atoms with E-state index in [1.54, 1.807) is 17.4 Å². The number of rotatable bonds is 9. The topological polar surface area (TPSA) is 92.8 Å². The third-order valence-electron chi connectivity index (χ3n) is 6.64. The standard InChI is InChI=1S/C28H33N5O2S2/c1-6-14-33-25(20-10-8-9-11-22(20)35-7-2)31-32-27(33)36-17-24(34)30-26-21(16-29)19-13-12-18(28(3,4)5)15-23(19)37-26/h6,8-11,18H,1,7,12-15,17H2,2-5H3,(H,30,34). The van der Waals surface area contributed by atoms with Crippen molar-refractivity contribution in [2.45, 2.75) is 58.7 Å². The maximum atomic E-state index is 12.9. The summed E-state index contributed by atoms with van der Waals surface area (Å²) in [6, 6.07) is 10.0. The number of carbonyl (C=O) groups is 1. The third-order valence-corrected chi connectivity index (χ3v) is 8.78. The fourth-order valence-corrected chi connectivity index (χ4v) is 6.69. The normalized spacial score (nSPS) is 15.1. The number of fused-ring (bicyclic) bond motifs is 1. The Labute approximate surface area is 226 Å². The van der Waals surface area contributed by atoms with Gasteiger partial charge >= 0.3 is 0 Å². The molecule has 0 spiro atoms. The molecule has 0 radical (unpaired) electrons. The summed E-state index contributed by atoms with van der Waals surface area (Å²) in [5.41, 5.74) is 2.79. The van der Waals surface area contributed by atoms with E-state index in [9.17, 15) is 10.1 Å². The molecule has 1 amide bonds. The molecule has 0 aliphatic heterocycles. The number of nitrogens with one attached hydrogen (secondary N) is 1. The molecule has 37 heavy (non-hydrogen) atoms. The van der Waals surface area contributed by atoms with E-state index in [4.69, 9.17) is 4.74 Å². The first-order valence-corrected chi connectivity index (χ1v) is 14.3. The van der Waals surface area contributed by atoms with E-state index in [0.717, 1.165) is 36.1 Å². The number of ether oxygens (including phenoxy) is 1. The fraction of sp³-hybridized carbons (Fsp3) is 0.429. The molecule has 194 valence electrons. The lowest BCUT2D eigenvalue weighted by atomic mass is 9.72. The molecule has 0 bridgehead atoms. The smallest absolute Gasteiger partial charge is 0.235 e. The number of hydrogen-bond acceptors (Lipinski definition) is 7. The van der Waals surface area contributed by atoms with Crippen LogP contribution in [-0.4, -0.2) is 33.0 Å². The molecule has 1 aromatic carbocycles. The van der Waals surface area contributed by atoms with E-state index in [1.165, 1.54) is 16.6 Å². The SMILES string of the molecule is C=CCn1c(SCC(=O)Nc2sc3c(c2C#N)CCC(C(C)(C)C)C3)nnc1-c1ccccc1OCC. The van der Waals surface area contributed by atoms with Gasteiger partial charge in [-0.15, -0.1) is 28.1 Å². The maximum absolute atomic E-state index is 12.9. The number of thioether (sulfide) groups is 1. The molecular weight excluding hydrogens is 502 g/mol. The van der Waals surface area contributed by atoms with Gasteiger partial charge in [-0.1, -0.05) is 50.7 Å². The minimum absolute atomic E-state index is 0.153. The van der Waals surface area contributed by atoms with Gasteiger partial charge in [-0.2, -0.15) is 5.26 Å². The lowest BCUT2D eigenvalue weighted by molar-refractivity contribution is -0.113. The minimum Gasteiger partial charge on any atom is -0.493 e. The molecule has 9 heteroatoms. The van der Waals surface area contributed by atoms with Gasteiger partial charge in [0, 0.05) is 11.4 Å². The monoisotopic (exact) mass is 535 g/mol. The van der Waals surface area contributed by atoms with Gasteiger partial charge in [-0.05, 0) is 55.2 Å². The first-order chi connectivity index (χ1) is 17.8. The number of hydrogen-bond donors (Lipinski definition) is 1. The second-order valence-corrected chi connectivity index (χ2v) is 12.1. The quantitative estimate of drug-likeness (QED) is 0.254. The molecule has 2 heterocycles. The van der Waals surface area contributed by atoms with Crippen molar-refractivity contribution in [1.82, 2.24) is 14.8 Å². The summed E-state index contributed by atoms with van der Waals surface area (Å²) in [5, 5.41) is 22.9. The molecule has 2 aromatic heterocycles. The van der Waals surface area contributed by atoms with Crippen LogP contribution in [0.2, 0.25) is 0 Å². The van der Waals surface area contributed by atoms with Crippen LogP contribution < -0.4 is 10.1 Å². The van der Waals surface area contributed by atoms with E-state index in [1.807, 2.05) is 35.8 Å². The fourth-order valence-electron chi connectivity index (χ4n) is 4.65. The van der Waals surface area contributed by atoms with Gasteiger partial charge in [-0.25, -0.2) is 0 Å². The van der Waals surface area contributed by atoms with Crippen molar-refractivity contribution < 1.29 is 9.53 Å². The molecule has 0 saturated heterocycles. The third kappa shape index (κ3) is 5.91. The zero-order valence-electron chi connectivity index (χ0n) is 21.8. The van der Waals surface area contributed by atoms with Crippen LogP contribution in [0, 0.1) is 22.7 Å². The highest BCUT2D eigenvalue weighted by Crippen LogP contribution is 2.44. The summed E-state index contributed by atoms with van der Waals surface area (Å²) in [7, 11) is 0. The minimum atomic E-state index is -0.170. The Balaban J connectivity index is 1.49. The summed E-state index contributed by atoms with van der Waals surface area (Å²) in [6.45, 7) is 13.7. The lowest BCUT2D eigenvalue weighted by Crippen LogP contribution is -2.26. The summed E-state index contributed by atoms with van der Waals surface area (Å²) in [4.78, 5) is 14.2. The number of anilines is 1. The van der Waals surface area contributed by atoms with Gasteiger partial charge < -0.3 is 10.1 Å². The molecule has 7 nitrogen and oxygen atoms in total. The summed E-state index contributed by atoms with van der Waals surface area (Å²) >= 11 is 2.86. The van der Waals surface area contributed by atoms with Gasteiger partial charge in [0.25, 0.3) is 0 Å². The lowest BCUT2D eigenvalue weighted by Gasteiger charge is -2.33. The molecule has 1 atom stereocenters. The number of thiophene rings is 1. The van der Waals surface area contributed by atoms with Crippen molar-refractivity contribution in [3.63, 3.8) is 0 Å². The Morgan fingerprint density at radius 2 is 2.16 bits per heavy atom. The largest absolute Gasteiger partial charge is 0.493 e. The number of amides is 1. The number of aromatic nitrogens is 3. The molecule has 1 unspecified atom stereocenters. The average molecular weight is 536 g/mol. The highest BCUT2D eigenvalue weighted by molar-refractivity contribution is 7.99. The van der Waals surface area contributed by atoms with E-state index in [-0.39, 0.29) is 17.1 Å². The number of nitrogens with zero attached hydrogens (tertiary/aromatic N) is 4. The van der Waals surface area contributed by atoms with Crippen LogP contribution in [0.25, 0.3) is 11.4 Å². The zero-order valence-corrected chi connectivity index (χ0v) is 23.5. The number of allylic oxidation sites excluding steroid dienone is 1. The molecule has 1 aliphatic rings. The molecule has 1 aliphatic carbocycles. The second kappa shape index (κ2) is 11.5. The predicted molar refractivity (Wildman–Crippen MR) is 150 cm³/mol. The summed E-state index contributed by atoms with van der Waals surface area (Å²) in [5.74, 6) is 1.95. The van der Waals surface area contributed by atoms with E-state index >= 15 is 0 Å². The van der Waals surface area contributed by atoms with Crippen LogP contribution in [0.3, 0.4) is 0 Å². The predicted octanol–water partition coefficient (Wildman–Crippen LogP) is 6.34. The zero-order chi connectivity index (χ0) is 26.6. The van der Waals surface area contributed by atoms with Crippen molar-refractivity contribution in [1.29, 1.82) is 5.26 Å². The van der Waals surface area contributed by atoms with Crippen LogP contribution in [0.1, 0.15) is 50.1 Å². The number of para-hydroxylation sites is 1. The molecule has 0 fully saturated rings. The first-order valence-electron chi connectivity index (χ1n) is 12.5. The highest BCUT2D eigenvalue weighted by atomic mass is 32.2. The maximum Gasteiger partial charge on any atom is 0.235 e. The van der Waals surface area contributed by atoms with Crippen molar-refractivity contribution in [2.75, 3.05) is 17.7 Å². The van der Waals surface area contributed by atoms with Crippen molar-refractivity contribution in [3.05, 3.63) is 52.9 Å². The first kappa shape index (κ1) is 27.0. The molecule has 0 saturated carbocycles. The Bertz CT molecular complexity index is 1330. The van der Waals surface area contributed by atoms with Crippen LogP contribution in [0.5, 0.6) is 5.75 Å².